The number of nitrogens with zero attached hydrogens (tertiary/aromatic N) is 1. The first-order valence-corrected chi connectivity index (χ1v) is 5.80. The summed E-state index contributed by atoms with van der Waals surface area (Å²) in [6, 6.07) is 3.32. The zero-order valence-corrected chi connectivity index (χ0v) is 9.35. The molecule has 0 aromatic carbocycles. The summed E-state index contributed by atoms with van der Waals surface area (Å²) < 4.78 is 21.5. The molecule has 0 radical (unpaired) electrons. The second kappa shape index (κ2) is 5.34. The summed E-state index contributed by atoms with van der Waals surface area (Å²) in [5, 5.41) is 8.97. The molecule has 0 fully saturated rings. The van der Waals surface area contributed by atoms with E-state index in [1.165, 1.54) is 20.4 Å². The van der Waals surface area contributed by atoms with Gasteiger partial charge in [0.2, 0.25) is 0 Å². The van der Waals surface area contributed by atoms with Crippen molar-refractivity contribution in [3.05, 3.63) is 30.1 Å². The lowest BCUT2D eigenvalue weighted by molar-refractivity contribution is 0.134. The molecule has 0 bridgehead atoms. The van der Waals surface area contributed by atoms with Gasteiger partial charge in [-0.05, 0) is 6.07 Å². The van der Waals surface area contributed by atoms with Crippen molar-refractivity contribution in [2.75, 3.05) is 14.2 Å². The van der Waals surface area contributed by atoms with Crippen LogP contribution in [0.2, 0.25) is 0 Å². The van der Waals surface area contributed by atoms with Gasteiger partial charge < -0.3 is 14.3 Å². The first-order chi connectivity index (χ1) is 7.18. The molecule has 84 valence electrons. The van der Waals surface area contributed by atoms with E-state index in [-0.39, 0.29) is 0 Å². The maximum Gasteiger partial charge on any atom is 0.353 e. The summed E-state index contributed by atoms with van der Waals surface area (Å²) in [5.74, 6) is -0.943. The summed E-state index contributed by atoms with van der Waals surface area (Å²) in [7, 11) is -0.904. The molecule has 1 aromatic heterocycles. The Bertz CT molecular complexity index is 338. The van der Waals surface area contributed by atoms with E-state index in [0.29, 0.717) is 5.56 Å². The van der Waals surface area contributed by atoms with Crippen LogP contribution in [0.3, 0.4) is 0 Å². The Balaban J connectivity index is 3.04. The zero-order valence-electron chi connectivity index (χ0n) is 8.45. The Morgan fingerprint density at radius 3 is 2.60 bits per heavy atom. The normalized spacial score (nSPS) is 13.8. The minimum atomic E-state index is -3.41. The van der Waals surface area contributed by atoms with Crippen molar-refractivity contribution in [3.63, 3.8) is 0 Å². The maximum atomic E-state index is 12.0. The fourth-order valence-electron chi connectivity index (χ4n) is 1.15. The van der Waals surface area contributed by atoms with Gasteiger partial charge in [-0.3, -0.25) is 9.55 Å². The minimum absolute atomic E-state index is 0.520. The van der Waals surface area contributed by atoms with E-state index in [2.05, 4.69) is 4.98 Å². The molecule has 1 atom stereocenters. The van der Waals surface area contributed by atoms with Gasteiger partial charge in [-0.1, -0.05) is 6.07 Å². The van der Waals surface area contributed by atoms with Gasteiger partial charge >= 0.3 is 7.60 Å². The van der Waals surface area contributed by atoms with Crippen LogP contribution in [0.5, 0.6) is 0 Å². The van der Waals surface area contributed by atoms with Crippen LogP contribution in [0.15, 0.2) is 24.5 Å². The first kappa shape index (κ1) is 12.3. The molecule has 0 aliphatic carbocycles. The quantitative estimate of drug-likeness (QED) is 0.592. The van der Waals surface area contributed by atoms with E-state index >= 15 is 0 Å². The molecule has 2 N–H and O–H groups in total. The van der Waals surface area contributed by atoms with Gasteiger partial charge in [0.25, 0.3) is 0 Å². The van der Waals surface area contributed by atoms with Crippen LogP contribution >= 0.6 is 7.60 Å². The number of aromatic nitrogens is 1. The average Bonchev–Trinajstić information content (AvgIpc) is 2.31. The Labute approximate surface area is 87.7 Å². The van der Waals surface area contributed by atoms with Gasteiger partial charge in [0.15, 0.2) is 5.78 Å². The van der Waals surface area contributed by atoms with E-state index in [4.69, 9.17) is 14.3 Å². The lowest BCUT2D eigenvalue weighted by Crippen LogP contribution is -2.19. The molecule has 1 unspecified atom stereocenters. The molecule has 0 aliphatic rings. The van der Waals surface area contributed by atoms with Crippen molar-refractivity contribution < 1.29 is 18.8 Å². The molecule has 6 nitrogen and oxygen atoms in total. The van der Waals surface area contributed by atoms with E-state index in [1.807, 2.05) is 5.48 Å². The summed E-state index contributed by atoms with van der Waals surface area (Å²) >= 11 is 0. The van der Waals surface area contributed by atoms with Gasteiger partial charge in [0.1, 0.15) is 0 Å². The fourth-order valence-corrected chi connectivity index (χ4v) is 2.38. The molecule has 0 amide bonds. The van der Waals surface area contributed by atoms with Crippen LogP contribution in [0, 0.1) is 0 Å². The monoisotopic (exact) mass is 232 g/mol. The third kappa shape index (κ3) is 2.62. The van der Waals surface area contributed by atoms with Gasteiger partial charge in [0, 0.05) is 32.2 Å². The molecule has 0 saturated carbocycles. The highest BCUT2D eigenvalue weighted by Crippen LogP contribution is 2.57. The van der Waals surface area contributed by atoms with Crippen LogP contribution in [-0.4, -0.2) is 24.4 Å². The highest BCUT2D eigenvalue weighted by Gasteiger charge is 2.35. The molecule has 0 saturated heterocycles. The zero-order chi connectivity index (χ0) is 11.3. The van der Waals surface area contributed by atoms with E-state index in [1.54, 1.807) is 18.3 Å². The maximum absolute atomic E-state index is 12.0. The number of hydrogen-bond acceptors (Lipinski definition) is 6. The Morgan fingerprint density at radius 1 is 1.53 bits per heavy atom. The lowest BCUT2D eigenvalue weighted by Gasteiger charge is -2.22. The number of pyridine rings is 1. The van der Waals surface area contributed by atoms with E-state index in [9.17, 15) is 4.57 Å². The number of hydroxylamine groups is 1. The van der Waals surface area contributed by atoms with Gasteiger partial charge in [-0.25, -0.2) is 0 Å². The molecule has 7 heteroatoms. The molecule has 0 spiro atoms. The van der Waals surface area contributed by atoms with Crippen LogP contribution in [0.4, 0.5) is 0 Å². The summed E-state index contributed by atoms with van der Waals surface area (Å²) in [4.78, 5) is 3.85. The highest BCUT2D eigenvalue weighted by atomic mass is 31.2. The first-order valence-electron chi connectivity index (χ1n) is 4.18. The smallest absolute Gasteiger partial charge is 0.316 e. The Hall–Kier alpha value is -0.780. The fraction of sp³-hybridized carbons (Fsp3) is 0.375. The van der Waals surface area contributed by atoms with Crippen LogP contribution in [0.1, 0.15) is 11.3 Å². The van der Waals surface area contributed by atoms with Crippen molar-refractivity contribution >= 4 is 7.60 Å². The SMILES string of the molecule is COP(=O)(OC)C(NO)c1cccnc1. The largest absolute Gasteiger partial charge is 0.353 e. The van der Waals surface area contributed by atoms with Gasteiger partial charge in [0.05, 0.1) is 0 Å². The second-order valence-corrected chi connectivity index (χ2v) is 5.05. The second-order valence-electron chi connectivity index (χ2n) is 2.72. The Kier molecular flexibility index (Phi) is 4.38. The van der Waals surface area contributed by atoms with Crippen molar-refractivity contribution in [1.29, 1.82) is 0 Å². The summed E-state index contributed by atoms with van der Waals surface area (Å²) in [5.41, 5.74) is 2.43. The van der Waals surface area contributed by atoms with Crippen molar-refractivity contribution in [2.45, 2.75) is 5.78 Å². The standard InChI is InChI=1S/C8H13N2O4P/c1-13-15(12,14-2)8(10-11)7-4-3-5-9-6-7/h3-6,8,10-11H,1-2H3. The van der Waals surface area contributed by atoms with Crippen LogP contribution in [-0.2, 0) is 13.6 Å². The molecule has 1 rings (SSSR count). The molecular weight excluding hydrogens is 219 g/mol. The summed E-state index contributed by atoms with van der Waals surface area (Å²) in [6.45, 7) is 0. The minimum Gasteiger partial charge on any atom is -0.316 e. The Morgan fingerprint density at radius 2 is 2.20 bits per heavy atom. The third-order valence-corrected chi connectivity index (χ3v) is 4.01. The predicted octanol–water partition coefficient (Wildman–Crippen LogP) is 1.54. The molecule has 15 heavy (non-hydrogen) atoms. The molecule has 0 aliphatic heterocycles. The summed E-state index contributed by atoms with van der Waals surface area (Å²) in [6.07, 6.45) is 3.04. The molecule has 1 heterocycles. The topological polar surface area (TPSA) is 80.7 Å². The van der Waals surface area contributed by atoms with Crippen molar-refractivity contribution in [2.24, 2.45) is 0 Å². The van der Waals surface area contributed by atoms with Gasteiger partial charge in [-0.15, -0.1) is 0 Å². The van der Waals surface area contributed by atoms with Gasteiger partial charge in [-0.2, -0.15) is 5.48 Å². The predicted molar refractivity (Wildman–Crippen MR) is 53.5 cm³/mol. The van der Waals surface area contributed by atoms with Crippen molar-refractivity contribution in [1.82, 2.24) is 10.5 Å². The number of nitrogens with one attached hydrogen (secondary N) is 1. The lowest BCUT2D eigenvalue weighted by atomic mass is 10.3. The van der Waals surface area contributed by atoms with E-state index in [0.717, 1.165) is 0 Å². The van der Waals surface area contributed by atoms with Crippen molar-refractivity contribution in [3.8, 4) is 0 Å². The molecule has 1 aromatic rings. The van der Waals surface area contributed by atoms with Crippen LogP contribution < -0.4 is 5.48 Å². The average molecular weight is 232 g/mol. The number of rotatable bonds is 5. The third-order valence-electron chi connectivity index (χ3n) is 1.95. The molecular formula is C8H13N2O4P. The van der Waals surface area contributed by atoms with Crippen LogP contribution in [0.25, 0.3) is 0 Å². The highest BCUT2D eigenvalue weighted by molar-refractivity contribution is 7.54. The number of hydrogen-bond donors (Lipinski definition) is 2. The van der Waals surface area contributed by atoms with E-state index < -0.39 is 13.4 Å².